The molecule has 0 fully saturated rings. The lowest BCUT2D eigenvalue weighted by Crippen LogP contribution is -2.17. The molecule has 0 bridgehead atoms. The highest BCUT2D eigenvalue weighted by atomic mass is 16.5. The molecule has 18 heavy (non-hydrogen) atoms. The Morgan fingerprint density at radius 1 is 1.44 bits per heavy atom. The molecule has 2 rings (SSSR count). The summed E-state index contributed by atoms with van der Waals surface area (Å²) in [5, 5.41) is 8.58. The second kappa shape index (κ2) is 4.91. The Morgan fingerprint density at radius 3 is 2.89 bits per heavy atom. The molecule has 0 amide bonds. The number of carbonyl (C=O) groups excluding carboxylic acids is 1. The summed E-state index contributed by atoms with van der Waals surface area (Å²) in [5.74, 6) is -0.409. The minimum atomic E-state index is -1.14. The van der Waals surface area contributed by atoms with E-state index in [1.54, 1.807) is 24.3 Å². The molecular formula is C13H12O5. The summed E-state index contributed by atoms with van der Waals surface area (Å²) in [6.07, 6.45) is 1.13. The number of para-hydroxylation sites is 1. The molecule has 1 heterocycles. The van der Waals surface area contributed by atoms with Crippen molar-refractivity contribution in [3.8, 4) is 11.5 Å². The van der Waals surface area contributed by atoms with E-state index in [-0.39, 0.29) is 6.61 Å². The van der Waals surface area contributed by atoms with Gasteiger partial charge in [0.2, 0.25) is 0 Å². The lowest BCUT2D eigenvalue weighted by molar-refractivity contribution is -0.139. The van der Waals surface area contributed by atoms with Crippen LogP contribution in [0.3, 0.4) is 0 Å². The minimum Gasteiger partial charge on any atom is -0.493 e. The Labute approximate surface area is 104 Å². The summed E-state index contributed by atoms with van der Waals surface area (Å²) in [7, 11) is 1.54. The number of ether oxygens (including phenoxy) is 2. The van der Waals surface area contributed by atoms with E-state index in [4.69, 9.17) is 14.6 Å². The first-order valence-corrected chi connectivity index (χ1v) is 5.37. The molecular weight excluding hydrogens is 236 g/mol. The molecule has 0 aliphatic carbocycles. The van der Waals surface area contributed by atoms with Gasteiger partial charge in [-0.25, -0.2) is 0 Å². The van der Waals surface area contributed by atoms with Crippen molar-refractivity contribution in [1.29, 1.82) is 0 Å². The van der Waals surface area contributed by atoms with Crippen LogP contribution in [0, 0.1) is 0 Å². The highest BCUT2D eigenvalue weighted by Gasteiger charge is 2.21. The van der Waals surface area contributed by atoms with Gasteiger partial charge < -0.3 is 14.6 Å². The highest BCUT2D eigenvalue weighted by Crippen LogP contribution is 2.35. The van der Waals surface area contributed by atoms with Crippen molar-refractivity contribution in [3.63, 3.8) is 0 Å². The van der Waals surface area contributed by atoms with E-state index in [0.29, 0.717) is 22.6 Å². The first kappa shape index (κ1) is 12.2. The summed E-state index contributed by atoms with van der Waals surface area (Å²) in [6.45, 7) is 0.0689. The predicted octanol–water partition coefficient (Wildman–Crippen LogP) is 1.51. The first-order chi connectivity index (χ1) is 8.61. The fourth-order valence-corrected chi connectivity index (χ4v) is 1.75. The number of rotatable bonds is 4. The Bertz CT molecular complexity index is 530. The lowest BCUT2D eigenvalue weighted by Gasteiger charge is -2.19. The van der Waals surface area contributed by atoms with Crippen molar-refractivity contribution >= 4 is 17.8 Å². The van der Waals surface area contributed by atoms with Gasteiger partial charge in [-0.3, -0.25) is 9.59 Å². The summed E-state index contributed by atoms with van der Waals surface area (Å²) >= 11 is 0. The number of methoxy groups -OCH3 is 1. The average Bonchev–Trinajstić information content (AvgIpc) is 2.36. The molecule has 0 unspecified atom stereocenters. The van der Waals surface area contributed by atoms with Gasteiger partial charge in [0.15, 0.2) is 17.3 Å². The van der Waals surface area contributed by atoms with Crippen molar-refractivity contribution in [3.05, 3.63) is 29.3 Å². The number of fused-ring (bicyclic) bond motifs is 1. The van der Waals surface area contributed by atoms with E-state index in [2.05, 4.69) is 0 Å². The fraction of sp³-hybridized carbons (Fsp3) is 0.231. The van der Waals surface area contributed by atoms with Crippen LogP contribution in [-0.2, 0) is 9.59 Å². The fourth-order valence-electron chi connectivity index (χ4n) is 1.75. The zero-order chi connectivity index (χ0) is 13.1. The van der Waals surface area contributed by atoms with Gasteiger partial charge in [0.05, 0.1) is 7.11 Å². The van der Waals surface area contributed by atoms with Crippen LogP contribution in [0.1, 0.15) is 12.0 Å². The van der Waals surface area contributed by atoms with E-state index in [1.165, 1.54) is 7.11 Å². The number of ketones is 1. The Balaban J connectivity index is 2.30. The van der Waals surface area contributed by atoms with E-state index >= 15 is 0 Å². The van der Waals surface area contributed by atoms with Crippen LogP contribution in [0.5, 0.6) is 11.5 Å². The van der Waals surface area contributed by atoms with Gasteiger partial charge >= 0.3 is 5.97 Å². The number of carboxylic acid groups (broad SMARTS) is 1. The molecule has 0 radical (unpaired) electrons. The van der Waals surface area contributed by atoms with Crippen molar-refractivity contribution in [2.24, 2.45) is 0 Å². The third-order valence-electron chi connectivity index (χ3n) is 2.60. The maximum absolute atomic E-state index is 11.6. The van der Waals surface area contributed by atoms with Crippen LogP contribution in [0.15, 0.2) is 23.8 Å². The Morgan fingerprint density at radius 2 is 2.22 bits per heavy atom. The largest absolute Gasteiger partial charge is 0.493 e. The number of carbonyl (C=O) groups is 2. The van der Waals surface area contributed by atoms with Crippen molar-refractivity contribution in [1.82, 2.24) is 0 Å². The molecule has 5 heteroatoms. The molecule has 0 saturated heterocycles. The van der Waals surface area contributed by atoms with Gasteiger partial charge in [0.25, 0.3) is 0 Å². The predicted molar refractivity (Wildman–Crippen MR) is 63.7 cm³/mol. The van der Waals surface area contributed by atoms with Crippen LogP contribution < -0.4 is 9.47 Å². The molecule has 1 aromatic carbocycles. The smallest absolute Gasteiger partial charge is 0.311 e. The molecule has 1 aliphatic rings. The number of Topliss-reactive ketones (excluding diaryl/α,β-unsaturated/α-hetero) is 1. The molecule has 94 valence electrons. The van der Waals surface area contributed by atoms with E-state index in [9.17, 15) is 9.59 Å². The molecule has 0 atom stereocenters. The van der Waals surface area contributed by atoms with Gasteiger partial charge in [0.1, 0.15) is 13.0 Å². The van der Waals surface area contributed by atoms with Crippen LogP contribution >= 0.6 is 0 Å². The van der Waals surface area contributed by atoms with Gasteiger partial charge in [0, 0.05) is 11.1 Å². The minimum absolute atomic E-state index is 0.0689. The summed E-state index contributed by atoms with van der Waals surface area (Å²) < 4.78 is 10.6. The maximum atomic E-state index is 11.6. The number of aliphatic carboxylic acids is 1. The van der Waals surface area contributed by atoms with E-state index in [0.717, 1.165) is 0 Å². The molecule has 0 aromatic heterocycles. The molecule has 0 spiro atoms. The molecule has 1 aliphatic heterocycles. The Kier molecular flexibility index (Phi) is 3.32. The van der Waals surface area contributed by atoms with Gasteiger partial charge in [-0.05, 0) is 12.1 Å². The molecule has 1 aromatic rings. The summed E-state index contributed by atoms with van der Waals surface area (Å²) in [6, 6.07) is 5.32. The van der Waals surface area contributed by atoms with Gasteiger partial charge in [-0.2, -0.15) is 0 Å². The summed E-state index contributed by atoms with van der Waals surface area (Å²) in [5.41, 5.74) is 1.08. The summed E-state index contributed by atoms with van der Waals surface area (Å²) in [4.78, 5) is 22.1. The quantitative estimate of drug-likeness (QED) is 0.818. The number of hydrogen-bond acceptors (Lipinski definition) is 4. The van der Waals surface area contributed by atoms with Crippen LogP contribution in [-0.4, -0.2) is 30.6 Å². The van der Waals surface area contributed by atoms with Crippen molar-refractivity contribution in [2.75, 3.05) is 13.7 Å². The van der Waals surface area contributed by atoms with E-state index in [1.807, 2.05) is 0 Å². The highest BCUT2D eigenvalue weighted by molar-refractivity contribution is 6.08. The van der Waals surface area contributed by atoms with Crippen molar-refractivity contribution in [2.45, 2.75) is 6.42 Å². The molecule has 0 saturated carbocycles. The van der Waals surface area contributed by atoms with Crippen LogP contribution in [0.25, 0.3) is 6.08 Å². The van der Waals surface area contributed by atoms with Crippen molar-refractivity contribution < 1.29 is 24.2 Å². The third-order valence-corrected chi connectivity index (χ3v) is 2.60. The SMILES string of the molecule is COc1cccc2c1OCC(C(=O)CC(=O)O)=C2. The average molecular weight is 248 g/mol. The number of carboxylic acids is 1. The molecule has 1 N–H and O–H groups in total. The van der Waals surface area contributed by atoms with Gasteiger partial charge in [-0.15, -0.1) is 0 Å². The standard InChI is InChI=1S/C13H12O5/c1-17-11-4-2-3-8-5-9(7-18-13(8)11)10(14)6-12(15)16/h2-5H,6-7H2,1H3,(H,15,16). The lowest BCUT2D eigenvalue weighted by atomic mass is 10.0. The Hall–Kier alpha value is -2.30. The topological polar surface area (TPSA) is 72.8 Å². The zero-order valence-corrected chi connectivity index (χ0v) is 9.80. The van der Waals surface area contributed by atoms with Crippen LogP contribution in [0.2, 0.25) is 0 Å². The molecule has 5 nitrogen and oxygen atoms in total. The van der Waals surface area contributed by atoms with Gasteiger partial charge in [-0.1, -0.05) is 12.1 Å². The normalized spacial score (nSPS) is 13.1. The first-order valence-electron chi connectivity index (χ1n) is 5.37. The number of benzene rings is 1. The zero-order valence-electron chi connectivity index (χ0n) is 9.80. The van der Waals surface area contributed by atoms with E-state index < -0.39 is 18.2 Å². The monoisotopic (exact) mass is 248 g/mol. The van der Waals surface area contributed by atoms with Crippen LogP contribution in [0.4, 0.5) is 0 Å². The third kappa shape index (κ3) is 2.34. The number of hydrogen-bond donors (Lipinski definition) is 1. The maximum Gasteiger partial charge on any atom is 0.311 e. The second-order valence-electron chi connectivity index (χ2n) is 3.83. The second-order valence-corrected chi connectivity index (χ2v) is 3.83.